The number of nitrogens with one attached hydrogen (secondary N) is 5. The number of nitrogens with zero attached hydrogens (tertiary/aromatic N) is 3. The maximum atomic E-state index is 14.1. The van der Waals surface area contributed by atoms with Gasteiger partial charge < -0.3 is 36.2 Å². The Labute approximate surface area is 304 Å². The third-order valence-corrected chi connectivity index (χ3v) is 8.09. The molecular formula is C38H48N8O6. The molecule has 0 fully saturated rings. The first-order valence-electron chi connectivity index (χ1n) is 17.0. The molecule has 0 bridgehead atoms. The maximum Gasteiger partial charge on any atom is 0.322 e. The molecule has 3 rings (SSSR count). The van der Waals surface area contributed by atoms with Crippen LogP contribution >= 0.6 is 0 Å². The number of rotatable bonds is 17. The summed E-state index contributed by atoms with van der Waals surface area (Å²) in [7, 11) is 4.42. The van der Waals surface area contributed by atoms with Gasteiger partial charge in [0.2, 0.25) is 11.8 Å². The zero-order valence-corrected chi connectivity index (χ0v) is 30.3. The fourth-order valence-corrected chi connectivity index (χ4v) is 5.41. The van der Waals surface area contributed by atoms with Gasteiger partial charge in [-0.25, -0.2) is 9.59 Å². The molecule has 276 valence electrons. The topological polar surface area (TPSA) is 185 Å². The minimum Gasteiger partial charge on any atom is -0.496 e. The zero-order chi connectivity index (χ0) is 38.0. The second-order valence-electron chi connectivity index (χ2n) is 12.3. The van der Waals surface area contributed by atoms with Crippen molar-refractivity contribution in [3.8, 4) is 11.8 Å². The summed E-state index contributed by atoms with van der Waals surface area (Å²) in [5.74, 6) is -0.825. The minimum absolute atomic E-state index is 0.00527. The van der Waals surface area contributed by atoms with E-state index in [9.17, 15) is 29.2 Å². The van der Waals surface area contributed by atoms with Crippen molar-refractivity contribution in [1.82, 2.24) is 26.2 Å². The minimum atomic E-state index is -1.05. The van der Waals surface area contributed by atoms with Crippen molar-refractivity contribution in [3.63, 3.8) is 0 Å². The Hall–Kier alpha value is -6.10. The summed E-state index contributed by atoms with van der Waals surface area (Å²) in [5, 5.41) is 22.9. The zero-order valence-electron chi connectivity index (χ0n) is 30.3. The van der Waals surface area contributed by atoms with Gasteiger partial charge in [0.25, 0.3) is 5.91 Å². The Bertz CT molecular complexity index is 1700. The number of anilines is 2. The number of urea groups is 2. The molecule has 0 aliphatic heterocycles. The van der Waals surface area contributed by atoms with Crippen molar-refractivity contribution in [2.24, 2.45) is 5.92 Å². The summed E-state index contributed by atoms with van der Waals surface area (Å²) in [5.41, 5.74) is 1.85. The second kappa shape index (κ2) is 20.5. The van der Waals surface area contributed by atoms with Crippen LogP contribution in [-0.4, -0.2) is 87.6 Å². The van der Waals surface area contributed by atoms with Gasteiger partial charge in [-0.1, -0.05) is 62.4 Å². The third kappa shape index (κ3) is 12.0. The number of hydrogen-bond acceptors (Lipinski definition) is 7. The summed E-state index contributed by atoms with van der Waals surface area (Å²) < 4.78 is 5.28. The number of carbonyl (C=O) groups excluding carboxylic acids is 5. The summed E-state index contributed by atoms with van der Waals surface area (Å²) in [6, 6.07) is 21.7. The van der Waals surface area contributed by atoms with Gasteiger partial charge >= 0.3 is 12.1 Å². The third-order valence-electron chi connectivity index (χ3n) is 8.09. The molecule has 52 heavy (non-hydrogen) atoms. The van der Waals surface area contributed by atoms with E-state index in [1.165, 1.54) is 37.1 Å². The quantitative estimate of drug-likeness (QED) is 0.141. The van der Waals surface area contributed by atoms with E-state index in [0.717, 1.165) is 5.56 Å². The van der Waals surface area contributed by atoms with E-state index in [1.807, 2.05) is 50.2 Å². The van der Waals surface area contributed by atoms with Gasteiger partial charge in [-0.2, -0.15) is 5.26 Å². The van der Waals surface area contributed by atoms with Gasteiger partial charge in [0.1, 0.15) is 17.8 Å². The monoisotopic (exact) mass is 712 g/mol. The number of methoxy groups -OCH3 is 1. The molecule has 0 heterocycles. The van der Waals surface area contributed by atoms with Gasteiger partial charge in [0, 0.05) is 51.5 Å². The molecule has 0 saturated carbocycles. The molecule has 0 aliphatic carbocycles. The van der Waals surface area contributed by atoms with Crippen molar-refractivity contribution in [2.45, 2.75) is 45.2 Å². The molecule has 7 amide bonds. The van der Waals surface area contributed by atoms with Crippen LogP contribution in [-0.2, 0) is 16.0 Å². The lowest BCUT2D eigenvalue weighted by Crippen LogP contribution is -2.57. The number of hydrogen-bond donors (Lipinski definition) is 5. The Balaban J connectivity index is 1.88. The van der Waals surface area contributed by atoms with E-state index in [2.05, 4.69) is 26.6 Å². The molecule has 0 spiro atoms. The first-order valence-corrected chi connectivity index (χ1v) is 17.0. The largest absolute Gasteiger partial charge is 0.496 e. The van der Waals surface area contributed by atoms with Crippen LogP contribution in [0.15, 0.2) is 78.9 Å². The Kier molecular flexibility index (Phi) is 15.9. The standard InChI is InChI=1S/C38H48N8O6/c1-26(2)23-31(35(48)41-4)43-36(49)32(24-27-13-8-6-9-14-27)44-38(51)46(29-15-10-7-11-16-29)22-21-45(20-12-19-39)37(50)42-28-17-18-33(52-5)30(25-28)34(47)40-3/h6-11,13-18,25-26,31-32H,12,20-24H2,1-5H3,(H,40,47)(H,41,48)(H,42,50)(H,43,49)(H,44,51)/t31-,32-/m1/s1. The SMILES string of the molecule is CNC(=O)c1cc(NC(=O)N(CCC#N)CCN(C(=O)N[C@H](Cc2ccccc2)C(=O)N[C@H](CC(C)C)C(=O)NC)c2ccccc2)ccc1OC. The van der Waals surface area contributed by atoms with Gasteiger partial charge in [-0.15, -0.1) is 0 Å². The van der Waals surface area contributed by atoms with Crippen LogP contribution in [0.1, 0.15) is 42.6 Å². The number of nitriles is 1. The van der Waals surface area contributed by atoms with Gasteiger partial charge in [-0.3, -0.25) is 19.3 Å². The van der Waals surface area contributed by atoms with Crippen molar-refractivity contribution >= 4 is 41.2 Å². The van der Waals surface area contributed by atoms with Crippen molar-refractivity contribution < 1.29 is 28.7 Å². The van der Waals surface area contributed by atoms with Crippen LogP contribution in [0.5, 0.6) is 5.75 Å². The van der Waals surface area contributed by atoms with Crippen LogP contribution in [0.25, 0.3) is 0 Å². The highest BCUT2D eigenvalue weighted by molar-refractivity contribution is 5.99. The van der Waals surface area contributed by atoms with Gasteiger partial charge in [0.05, 0.1) is 25.2 Å². The van der Waals surface area contributed by atoms with Crippen LogP contribution in [0, 0.1) is 17.2 Å². The van der Waals surface area contributed by atoms with Crippen LogP contribution < -0.4 is 36.2 Å². The summed E-state index contributed by atoms with van der Waals surface area (Å²) in [4.78, 5) is 69.3. The molecule has 3 aromatic carbocycles. The number of likely N-dealkylation sites (N-methyl/N-ethyl adjacent to an activating group) is 1. The smallest absolute Gasteiger partial charge is 0.322 e. The predicted molar refractivity (Wildman–Crippen MR) is 199 cm³/mol. The first-order chi connectivity index (χ1) is 25.0. The van der Waals surface area contributed by atoms with Gasteiger partial charge in [0.15, 0.2) is 0 Å². The molecular weight excluding hydrogens is 664 g/mol. The fraction of sp³-hybridized carbons (Fsp3) is 0.368. The van der Waals surface area contributed by atoms with Crippen molar-refractivity contribution in [3.05, 3.63) is 90.0 Å². The van der Waals surface area contributed by atoms with E-state index < -0.39 is 36.0 Å². The lowest BCUT2D eigenvalue weighted by Gasteiger charge is -2.30. The molecule has 0 radical (unpaired) electrons. The summed E-state index contributed by atoms with van der Waals surface area (Å²) in [6.45, 7) is 3.96. The maximum absolute atomic E-state index is 14.1. The predicted octanol–water partition coefficient (Wildman–Crippen LogP) is 3.91. The number of ether oxygens (including phenoxy) is 1. The summed E-state index contributed by atoms with van der Waals surface area (Å²) >= 11 is 0. The molecule has 0 aliphatic rings. The Morgan fingerprint density at radius 2 is 1.46 bits per heavy atom. The summed E-state index contributed by atoms with van der Waals surface area (Å²) in [6.07, 6.45) is 0.580. The van der Waals surface area contributed by atoms with E-state index >= 15 is 0 Å². The molecule has 5 N–H and O–H groups in total. The molecule has 0 unspecified atom stereocenters. The lowest BCUT2D eigenvalue weighted by molar-refractivity contribution is -0.130. The average Bonchev–Trinajstić information content (AvgIpc) is 3.15. The number of benzene rings is 3. The van der Waals surface area contributed by atoms with Crippen LogP contribution in [0.3, 0.4) is 0 Å². The van der Waals surface area contributed by atoms with Crippen molar-refractivity contribution in [1.29, 1.82) is 5.26 Å². The number of amides is 7. The molecule has 14 heteroatoms. The van der Waals surface area contributed by atoms with E-state index in [0.29, 0.717) is 23.5 Å². The van der Waals surface area contributed by atoms with E-state index in [4.69, 9.17) is 4.74 Å². The van der Waals surface area contributed by atoms with E-state index in [-0.39, 0.29) is 49.9 Å². The highest BCUT2D eigenvalue weighted by Crippen LogP contribution is 2.23. The molecule has 0 aromatic heterocycles. The van der Waals surface area contributed by atoms with Gasteiger partial charge in [-0.05, 0) is 48.2 Å². The second-order valence-corrected chi connectivity index (χ2v) is 12.3. The average molecular weight is 713 g/mol. The molecule has 14 nitrogen and oxygen atoms in total. The number of para-hydroxylation sites is 1. The highest BCUT2D eigenvalue weighted by atomic mass is 16.5. The number of carbonyl (C=O) groups is 5. The van der Waals surface area contributed by atoms with Crippen molar-refractivity contribution in [2.75, 3.05) is 51.1 Å². The Morgan fingerprint density at radius 1 is 0.788 bits per heavy atom. The highest BCUT2D eigenvalue weighted by Gasteiger charge is 2.29. The molecule has 0 saturated heterocycles. The van der Waals surface area contributed by atoms with Crippen LogP contribution in [0.4, 0.5) is 21.0 Å². The lowest BCUT2D eigenvalue weighted by atomic mass is 10.0. The normalized spacial score (nSPS) is 11.6. The first kappa shape index (κ1) is 40.3. The molecule has 3 aromatic rings. The Morgan fingerprint density at radius 3 is 2.06 bits per heavy atom. The van der Waals surface area contributed by atoms with E-state index in [1.54, 1.807) is 42.5 Å². The van der Waals surface area contributed by atoms with Crippen LogP contribution in [0.2, 0.25) is 0 Å². The fourth-order valence-electron chi connectivity index (χ4n) is 5.41. The molecule has 2 atom stereocenters.